The molecule has 0 saturated carbocycles. The number of nitrogens with one attached hydrogen (secondary N) is 1. The summed E-state index contributed by atoms with van der Waals surface area (Å²) in [6.45, 7) is 4.81. The second kappa shape index (κ2) is 7.95. The van der Waals surface area contributed by atoms with Gasteiger partial charge in [0, 0.05) is 5.56 Å². The first-order valence-corrected chi connectivity index (χ1v) is 9.31. The quantitative estimate of drug-likeness (QED) is 0.786. The Morgan fingerprint density at radius 2 is 1.76 bits per heavy atom. The van der Waals surface area contributed by atoms with Gasteiger partial charge in [0.25, 0.3) is 5.91 Å². The fourth-order valence-electron chi connectivity index (χ4n) is 3.32. The molecule has 0 unspecified atom stereocenters. The summed E-state index contributed by atoms with van der Waals surface area (Å²) in [4.78, 5) is 39.5. The lowest BCUT2D eigenvalue weighted by molar-refractivity contribution is -0.153. The predicted octanol–water partition coefficient (Wildman–Crippen LogP) is 2.93. The lowest BCUT2D eigenvalue weighted by Crippen LogP contribution is -2.60. The summed E-state index contributed by atoms with van der Waals surface area (Å²) in [6, 6.07) is 14.1. The van der Waals surface area contributed by atoms with Gasteiger partial charge in [0.2, 0.25) is 5.91 Å². The number of para-hydroxylation sites is 3. The summed E-state index contributed by atoms with van der Waals surface area (Å²) >= 11 is 0. The monoisotopic (exact) mass is 396 g/mol. The van der Waals surface area contributed by atoms with Crippen LogP contribution in [0.1, 0.15) is 26.3 Å². The highest BCUT2D eigenvalue weighted by Crippen LogP contribution is 2.37. The molecule has 7 nitrogen and oxygen atoms in total. The second-order valence-corrected chi connectivity index (χ2v) is 7.32. The Hall–Kier alpha value is -3.35. The van der Waals surface area contributed by atoms with Crippen molar-refractivity contribution in [1.29, 1.82) is 0 Å². The molecule has 152 valence electrons. The summed E-state index contributed by atoms with van der Waals surface area (Å²) in [7, 11) is 1.53. The van der Waals surface area contributed by atoms with Crippen LogP contribution in [0.2, 0.25) is 0 Å². The van der Waals surface area contributed by atoms with Gasteiger partial charge in [-0.3, -0.25) is 19.3 Å². The Morgan fingerprint density at radius 1 is 1.10 bits per heavy atom. The number of hydrogen-bond donors (Lipinski definition) is 1. The van der Waals surface area contributed by atoms with Gasteiger partial charge in [-0.25, -0.2) is 0 Å². The van der Waals surface area contributed by atoms with Crippen LogP contribution < -0.4 is 15.0 Å². The number of hydrogen-bond acceptors (Lipinski definition) is 5. The van der Waals surface area contributed by atoms with Gasteiger partial charge in [0.05, 0.1) is 24.9 Å². The molecule has 2 amide bonds. The predicted molar refractivity (Wildman–Crippen MR) is 109 cm³/mol. The topological polar surface area (TPSA) is 84.9 Å². The number of carbonyl (C=O) groups excluding carboxylic acids is 3. The van der Waals surface area contributed by atoms with Crippen molar-refractivity contribution in [3.63, 3.8) is 0 Å². The van der Waals surface area contributed by atoms with Gasteiger partial charge in [-0.1, -0.05) is 30.3 Å². The fraction of sp³-hybridized carbons (Fsp3) is 0.318. The van der Waals surface area contributed by atoms with E-state index >= 15 is 0 Å². The van der Waals surface area contributed by atoms with Crippen molar-refractivity contribution in [2.45, 2.75) is 38.8 Å². The van der Waals surface area contributed by atoms with E-state index in [4.69, 9.17) is 9.47 Å². The second-order valence-electron chi connectivity index (χ2n) is 7.32. The average molecular weight is 396 g/mol. The first-order chi connectivity index (χ1) is 13.8. The van der Waals surface area contributed by atoms with Crippen molar-refractivity contribution in [3.05, 3.63) is 54.1 Å². The molecule has 2 aromatic rings. The Bertz CT molecular complexity index is 954. The number of anilines is 2. The zero-order chi connectivity index (χ0) is 21.2. The number of benzene rings is 2. The highest BCUT2D eigenvalue weighted by atomic mass is 16.5. The van der Waals surface area contributed by atoms with E-state index in [9.17, 15) is 14.4 Å². The molecule has 1 aliphatic heterocycles. The molecule has 0 aromatic heterocycles. The molecule has 0 saturated heterocycles. The van der Waals surface area contributed by atoms with E-state index < -0.39 is 23.5 Å². The Balaban J connectivity index is 1.79. The molecule has 3 rings (SSSR count). The largest absolute Gasteiger partial charge is 0.496 e. The Morgan fingerprint density at radius 3 is 2.48 bits per heavy atom. The number of rotatable bonds is 5. The molecule has 0 bridgehead atoms. The molecule has 0 radical (unpaired) electrons. The molecule has 1 heterocycles. The molecular weight excluding hydrogens is 372 g/mol. The van der Waals surface area contributed by atoms with Crippen molar-refractivity contribution in [1.82, 2.24) is 0 Å². The van der Waals surface area contributed by atoms with Crippen LogP contribution >= 0.6 is 0 Å². The minimum atomic E-state index is -1.13. The first-order valence-electron chi connectivity index (χ1n) is 9.31. The van der Waals surface area contributed by atoms with Crippen LogP contribution in [-0.4, -0.2) is 36.5 Å². The van der Waals surface area contributed by atoms with Crippen LogP contribution in [0.5, 0.6) is 5.75 Å². The van der Waals surface area contributed by atoms with Crippen molar-refractivity contribution in [2.24, 2.45) is 0 Å². The molecule has 0 aliphatic carbocycles. The summed E-state index contributed by atoms with van der Waals surface area (Å²) in [5.74, 6) is -0.753. The maximum absolute atomic E-state index is 13.2. The lowest BCUT2D eigenvalue weighted by atomic mass is 9.95. The smallest absolute Gasteiger partial charge is 0.311 e. The molecule has 7 heteroatoms. The van der Waals surface area contributed by atoms with E-state index in [0.717, 1.165) is 0 Å². The number of amides is 2. The van der Waals surface area contributed by atoms with Crippen LogP contribution in [0, 0.1) is 0 Å². The maximum Gasteiger partial charge on any atom is 0.311 e. The van der Waals surface area contributed by atoms with Crippen LogP contribution in [0.3, 0.4) is 0 Å². The van der Waals surface area contributed by atoms with Gasteiger partial charge < -0.3 is 14.8 Å². The Labute approximate surface area is 169 Å². The molecule has 2 aromatic carbocycles. The third-order valence-electron chi connectivity index (χ3n) is 4.91. The average Bonchev–Trinajstić information content (AvgIpc) is 2.68. The van der Waals surface area contributed by atoms with E-state index in [1.165, 1.54) is 18.9 Å². The molecule has 1 aliphatic rings. The zero-order valence-electron chi connectivity index (χ0n) is 16.9. The van der Waals surface area contributed by atoms with E-state index in [2.05, 4.69) is 5.32 Å². The van der Waals surface area contributed by atoms with Gasteiger partial charge in [0.15, 0.2) is 6.10 Å². The highest BCUT2D eigenvalue weighted by molar-refractivity contribution is 6.15. The minimum absolute atomic E-state index is 0.0257. The number of nitrogens with zero attached hydrogens (tertiary/aromatic N) is 1. The van der Waals surface area contributed by atoms with Gasteiger partial charge in [-0.15, -0.1) is 0 Å². The minimum Gasteiger partial charge on any atom is -0.496 e. The van der Waals surface area contributed by atoms with Crippen molar-refractivity contribution < 1.29 is 23.9 Å². The Kier molecular flexibility index (Phi) is 5.59. The summed E-state index contributed by atoms with van der Waals surface area (Å²) in [5.41, 5.74) is 0.643. The highest BCUT2D eigenvalue weighted by Gasteiger charge is 2.45. The fourth-order valence-corrected chi connectivity index (χ4v) is 3.32. The van der Waals surface area contributed by atoms with Crippen LogP contribution in [0.15, 0.2) is 48.5 Å². The zero-order valence-corrected chi connectivity index (χ0v) is 16.9. The van der Waals surface area contributed by atoms with Gasteiger partial charge in [0.1, 0.15) is 11.3 Å². The van der Waals surface area contributed by atoms with Gasteiger partial charge in [-0.05, 0) is 39.0 Å². The molecule has 29 heavy (non-hydrogen) atoms. The third kappa shape index (κ3) is 3.94. The molecule has 1 atom stereocenters. The van der Waals surface area contributed by atoms with E-state index in [1.807, 2.05) is 0 Å². The van der Waals surface area contributed by atoms with Crippen molar-refractivity contribution in [3.8, 4) is 5.75 Å². The van der Waals surface area contributed by atoms with E-state index in [0.29, 0.717) is 22.7 Å². The van der Waals surface area contributed by atoms with Crippen LogP contribution in [-0.2, 0) is 25.5 Å². The standard InChI is InChI=1S/C22H24N2O5/c1-14(29-19(25)13-15-9-5-8-12-18(15)28-4)20(26)24-17-11-7-6-10-16(17)23-21(27)22(24,2)3/h5-12,14H,13H2,1-4H3,(H,23,27)/t14-/m0/s1. The number of fused-ring (bicyclic) bond motifs is 1. The molecule has 0 fully saturated rings. The number of methoxy groups -OCH3 is 1. The van der Waals surface area contributed by atoms with E-state index in [-0.39, 0.29) is 12.3 Å². The third-order valence-corrected chi connectivity index (χ3v) is 4.91. The molecular formula is C22H24N2O5. The van der Waals surface area contributed by atoms with Gasteiger partial charge in [-0.2, -0.15) is 0 Å². The maximum atomic E-state index is 13.2. The number of carbonyl (C=O) groups is 3. The van der Waals surface area contributed by atoms with Crippen LogP contribution in [0.25, 0.3) is 0 Å². The summed E-state index contributed by atoms with van der Waals surface area (Å²) < 4.78 is 10.6. The van der Waals surface area contributed by atoms with Gasteiger partial charge >= 0.3 is 5.97 Å². The summed E-state index contributed by atoms with van der Waals surface area (Å²) in [6.07, 6.45) is -1.09. The molecule has 1 N–H and O–H groups in total. The number of esters is 1. The lowest BCUT2D eigenvalue weighted by Gasteiger charge is -2.42. The molecule has 0 spiro atoms. The SMILES string of the molecule is COc1ccccc1CC(=O)O[C@@H](C)C(=O)N1c2ccccc2NC(=O)C1(C)C. The van der Waals surface area contributed by atoms with Crippen molar-refractivity contribution in [2.75, 3.05) is 17.3 Å². The first kappa shape index (κ1) is 20.4. The van der Waals surface area contributed by atoms with Crippen molar-refractivity contribution >= 4 is 29.2 Å². The number of ether oxygens (including phenoxy) is 2. The normalized spacial score (nSPS) is 15.7. The van der Waals surface area contributed by atoms with Crippen LogP contribution in [0.4, 0.5) is 11.4 Å². The summed E-state index contributed by atoms with van der Waals surface area (Å²) in [5, 5.41) is 2.81. The van der Waals surface area contributed by atoms with E-state index in [1.54, 1.807) is 62.4 Å².